The Bertz CT molecular complexity index is 1180. The average Bonchev–Trinajstić information content (AvgIpc) is 3.14. The first-order chi connectivity index (χ1) is 14.2. The Balaban J connectivity index is 1.70. The van der Waals surface area contributed by atoms with Crippen LogP contribution in [0.4, 0.5) is 5.69 Å². The van der Waals surface area contributed by atoms with Crippen LogP contribution in [0.2, 0.25) is 5.02 Å². The van der Waals surface area contributed by atoms with E-state index in [0.717, 1.165) is 20.6 Å². The van der Waals surface area contributed by atoms with E-state index in [2.05, 4.69) is 10.3 Å². The molecule has 0 saturated carbocycles. The van der Waals surface area contributed by atoms with Crippen molar-refractivity contribution in [2.24, 2.45) is 0 Å². The molecule has 0 aliphatic rings. The number of anilines is 1. The van der Waals surface area contributed by atoms with Gasteiger partial charge in [0.15, 0.2) is 0 Å². The predicted molar refractivity (Wildman–Crippen MR) is 119 cm³/mol. The van der Waals surface area contributed by atoms with Gasteiger partial charge in [0, 0.05) is 23.7 Å². The minimum Gasteiger partial charge on any atom is -0.495 e. The van der Waals surface area contributed by atoms with Gasteiger partial charge in [-0.2, -0.15) is 4.31 Å². The van der Waals surface area contributed by atoms with Crippen LogP contribution in [0.15, 0.2) is 52.7 Å². The topological polar surface area (TPSA) is 88.6 Å². The number of amides is 1. The lowest BCUT2D eigenvalue weighted by molar-refractivity contribution is -0.116. The molecule has 10 heteroatoms. The number of ether oxygens (including phenoxy) is 1. The monoisotopic (exact) mass is 465 g/mol. The Morgan fingerprint density at radius 2 is 2.03 bits per heavy atom. The summed E-state index contributed by atoms with van der Waals surface area (Å²) >= 11 is 7.57. The second-order valence-electron chi connectivity index (χ2n) is 6.44. The Hall–Kier alpha value is -2.46. The number of rotatable bonds is 7. The zero-order valence-corrected chi connectivity index (χ0v) is 18.9. The molecule has 0 aliphatic heterocycles. The molecule has 158 valence electrons. The largest absolute Gasteiger partial charge is 0.495 e. The highest BCUT2D eigenvalue weighted by atomic mass is 35.5. The molecule has 0 unspecified atom stereocenters. The van der Waals surface area contributed by atoms with Crippen molar-refractivity contribution in [1.29, 1.82) is 0 Å². The van der Waals surface area contributed by atoms with Crippen molar-refractivity contribution >= 4 is 44.6 Å². The van der Waals surface area contributed by atoms with E-state index in [9.17, 15) is 13.2 Å². The minimum atomic E-state index is -3.90. The molecule has 0 spiro atoms. The number of hydrogen-bond acceptors (Lipinski definition) is 6. The standard InChI is InChI=1S/C20H20ClN3O4S2/c1-13-22-18(12-29-13)14-5-4-6-15(9-14)23-20(25)11-24(2)30(26,27)16-7-8-19(28-3)17(21)10-16/h4-10,12H,11H2,1-3H3,(H,23,25). The molecule has 0 atom stereocenters. The molecule has 2 aromatic carbocycles. The van der Waals surface area contributed by atoms with E-state index < -0.39 is 15.9 Å². The van der Waals surface area contributed by atoms with Crippen LogP contribution in [0, 0.1) is 6.92 Å². The molecule has 1 heterocycles. The number of carbonyl (C=O) groups excluding carboxylic acids is 1. The molecular weight excluding hydrogens is 446 g/mol. The number of sulfonamides is 1. The normalized spacial score (nSPS) is 11.5. The van der Waals surface area contributed by atoms with E-state index in [4.69, 9.17) is 16.3 Å². The third-order valence-corrected chi connectivity index (χ3v) is 7.13. The highest BCUT2D eigenvalue weighted by Crippen LogP contribution is 2.28. The summed E-state index contributed by atoms with van der Waals surface area (Å²) in [5.41, 5.74) is 2.25. The summed E-state index contributed by atoms with van der Waals surface area (Å²) in [4.78, 5) is 16.9. The van der Waals surface area contributed by atoms with Crippen molar-refractivity contribution in [3.05, 3.63) is 57.9 Å². The summed E-state index contributed by atoms with van der Waals surface area (Å²) in [5.74, 6) is -0.0986. The van der Waals surface area contributed by atoms with Gasteiger partial charge in [-0.1, -0.05) is 23.7 Å². The Morgan fingerprint density at radius 3 is 2.67 bits per heavy atom. The van der Waals surface area contributed by atoms with Crippen LogP contribution in [0.3, 0.4) is 0 Å². The highest BCUT2D eigenvalue weighted by molar-refractivity contribution is 7.89. The molecule has 0 aliphatic carbocycles. The van der Waals surface area contributed by atoms with Gasteiger partial charge in [0.1, 0.15) is 5.75 Å². The third-order valence-electron chi connectivity index (χ3n) is 4.26. The molecule has 30 heavy (non-hydrogen) atoms. The number of methoxy groups -OCH3 is 1. The third kappa shape index (κ3) is 4.99. The number of carbonyl (C=O) groups is 1. The molecule has 3 aromatic rings. The fraction of sp³-hybridized carbons (Fsp3) is 0.200. The van der Waals surface area contributed by atoms with Crippen LogP contribution in [0.5, 0.6) is 5.75 Å². The van der Waals surface area contributed by atoms with E-state index in [0.29, 0.717) is 11.4 Å². The van der Waals surface area contributed by atoms with Crippen molar-refractivity contribution in [2.75, 3.05) is 26.0 Å². The van der Waals surface area contributed by atoms with Crippen LogP contribution in [-0.4, -0.2) is 44.3 Å². The molecule has 0 saturated heterocycles. The van der Waals surface area contributed by atoms with Gasteiger partial charge in [-0.05, 0) is 37.3 Å². The van der Waals surface area contributed by atoms with Crippen LogP contribution < -0.4 is 10.1 Å². The summed E-state index contributed by atoms with van der Waals surface area (Å²) < 4.78 is 31.5. The maximum absolute atomic E-state index is 12.8. The number of halogens is 1. The number of hydrogen-bond donors (Lipinski definition) is 1. The summed E-state index contributed by atoms with van der Waals surface area (Å²) in [6.07, 6.45) is 0. The number of thiazole rings is 1. The van der Waals surface area contributed by atoms with Gasteiger partial charge >= 0.3 is 0 Å². The van der Waals surface area contributed by atoms with Crippen LogP contribution in [0.1, 0.15) is 5.01 Å². The lowest BCUT2D eigenvalue weighted by atomic mass is 10.1. The van der Waals surface area contributed by atoms with Crippen LogP contribution in [-0.2, 0) is 14.8 Å². The molecule has 1 N–H and O–H groups in total. The van der Waals surface area contributed by atoms with Crippen molar-refractivity contribution in [3.63, 3.8) is 0 Å². The number of nitrogens with one attached hydrogen (secondary N) is 1. The van der Waals surface area contributed by atoms with Gasteiger partial charge in [0.2, 0.25) is 15.9 Å². The average molecular weight is 466 g/mol. The fourth-order valence-electron chi connectivity index (χ4n) is 2.73. The number of benzene rings is 2. The first-order valence-corrected chi connectivity index (χ1v) is 11.5. The SMILES string of the molecule is COc1ccc(S(=O)(=O)N(C)CC(=O)Nc2cccc(-c3csc(C)n3)c2)cc1Cl. The van der Waals surface area contributed by atoms with Crippen molar-refractivity contribution in [1.82, 2.24) is 9.29 Å². The minimum absolute atomic E-state index is 0.0236. The molecule has 3 rings (SSSR count). The van der Waals surface area contributed by atoms with E-state index in [1.807, 2.05) is 18.4 Å². The number of nitrogens with zero attached hydrogens (tertiary/aromatic N) is 2. The maximum Gasteiger partial charge on any atom is 0.243 e. The van der Waals surface area contributed by atoms with Crippen molar-refractivity contribution < 1.29 is 17.9 Å². The van der Waals surface area contributed by atoms with Gasteiger partial charge in [-0.15, -0.1) is 11.3 Å². The predicted octanol–water partition coefficient (Wildman–Crippen LogP) is 4.04. The first kappa shape index (κ1) is 22.2. The number of aromatic nitrogens is 1. The second kappa shape index (κ2) is 9.13. The summed E-state index contributed by atoms with van der Waals surface area (Å²) in [6, 6.07) is 11.4. The van der Waals surface area contributed by atoms with E-state index in [1.165, 1.54) is 32.4 Å². The van der Waals surface area contributed by atoms with E-state index in [-0.39, 0.29) is 16.5 Å². The molecule has 0 radical (unpaired) electrons. The zero-order valence-electron chi connectivity index (χ0n) is 16.5. The first-order valence-electron chi connectivity index (χ1n) is 8.83. The summed E-state index contributed by atoms with van der Waals surface area (Å²) in [7, 11) is -1.12. The van der Waals surface area contributed by atoms with E-state index >= 15 is 0 Å². The molecule has 7 nitrogen and oxygen atoms in total. The fourth-order valence-corrected chi connectivity index (χ4v) is 4.83. The highest BCUT2D eigenvalue weighted by Gasteiger charge is 2.24. The van der Waals surface area contributed by atoms with Gasteiger partial charge < -0.3 is 10.1 Å². The summed E-state index contributed by atoms with van der Waals surface area (Å²) in [6.45, 7) is 1.57. The molecule has 1 amide bonds. The molecule has 1 aromatic heterocycles. The van der Waals surface area contributed by atoms with Crippen molar-refractivity contribution in [2.45, 2.75) is 11.8 Å². The lowest BCUT2D eigenvalue weighted by Gasteiger charge is -2.17. The lowest BCUT2D eigenvalue weighted by Crippen LogP contribution is -2.35. The van der Waals surface area contributed by atoms with Gasteiger partial charge in [0.25, 0.3) is 0 Å². The zero-order chi connectivity index (χ0) is 21.9. The maximum atomic E-state index is 12.8. The van der Waals surface area contributed by atoms with Crippen LogP contribution >= 0.6 is 22.9 Å². The van der Waals surface area contributed by atoms with Gasteiger partial charge in [0.05, 0.1) is 34.3 Å². The smallest absolute Gasteiger partial charge is 0.243 e. The molecule has 0 fully saturated rings. The van der Waals surface area contributed by atoms with Crippen LogP contribution in [0.25, 0.3) is 11.3 Å². The number of likely N-dealkylation sites (N-methyl/N-ethyl adjacent to an activating group) is 1. The van der Waals surface area contributed by atoms with E-state index in [1.54, 1.807) is 29.5 Å². The summed E-state index contributed by atoms with van der Waals surface area (Å²) in [5, 5.41) is 5.79. The quantitative estimate of drug-likeness (QED) is 0.568. The van der Waals surface area contributed by atoms with Gasteiger partial charge in [-0.3, -0.25) is 4.79 Å². The molecular formula is C20H20ClN3O4S2. The molecule has 0 bridgehead atoms. The Morgan fingerprint density at radius 1 is 1.27 bits per heavy atom. The van der Waals surface area contributed by atoms with Gasteiger partial charge in [-0.25, -0.2) is 13.4 Å². The second-order valence-corrected chi connectivity index (χ2v) is 9.95. The Labute approximate surface area is 184 Å². The number of aryl methyl sites for hydroxylation is 1. The Kier molecular flexibility index (Phi) is 6.77. The van der Waals surface area contributed by atoms with Crippen molar-refractivity contribution in [3.8, 4) is 17.0 Å².